The lowest BCUT2D eigenvalue weighted by Crippen LogP contribution is -1.87. The van der Waals surface area contributed by atoms with Crippen molar-refractivity contribution in [3.63, 3.8) is 0 Å². The van der Waals surface area contributed by atoms with Crippen molar-refractivity contribution in [1.82, 2.24) is 14.6 Å². The summed E-state index contributed by atoms with van der Waals surface area (Å²) in [5.41, 5.74) is 2.12. The van der Waals surface area contributed by atoms with Crippen molar-refractivity contribution in [1.29, 1.82) is 0 Å². The van der Waals surface area contributed by atoms with Crippen molar-refractivity contribution in [2.45, 2.75) is 0 Å². The van der Waals surface area contributed by atoms with Crippen molar-refractivity contribution < 1.29 is 0 Å². The summed E-state index contributed by atoms with van der Waals surface area (Å²) in [5.74, 6) is 0. The molecule has 4 aromatic heterocycles. The number of para-hydroxylation sites is 1. The van der Waals surface area contributed by atoms with Crippen LogP contribution in [0.5, 0.6) is 0 Å². The predicted molar refractivity (Wildman–Crippen MR) is 98.8 cm³/mol. The fourth-order valence-electron chi connectivity index (χ4n) is 3.46. The van der Waals surface area contributed by atoms with Crippen LogP contribution in [0.4, 0.5) is 0 Å². The van der Waals surface area contributed by atoms with Gasteiger partial charge >= 0.3 is 0 Å². The number of thiophene rings is 2. The van der Waals surface area contributed by atoms with Crippen molar-refractivity contribution in [3.05, 3.63) is 54.9 Å². The molecule has 3 nitrogen and oxygen atoms in total. The van der Waals surface area contributed by atoms with Gasteiger partial charge in [0.15, 0.2) is 5.65 Å². The number of nitrogens with zero attached hydrogens (tertiary/aromatic N) is 3. The molecule has 0 radical (unpaired) electrons. The van der Waals surface area contributed by atoms with Crippen LogP contribution in [0.15, 0.2) is 54.9 Å². The molecule has 0 spiro atoms. The first-order chi connectivity index (χ1) is 11.4. The van der Waals surface area contributed by atoms with Gasteiger partial charge in [-0.3, -0.25) is 4.40 Å². The van der Waals surface area contributed by atoms with Gasteiger partial charge in [0, 0.05) is 26.2 Å². The monoisotopic (exact) mass is 331 g/mol. The van der Waals surface area contributed by atoms with Crippen LogP contribution in [0, 0.1) is 0 Å². The molecule has 0 N–H and O–H groups in total. The van der Waals surface area contributed by atoms with Gasteiger partial charge in [0.25, 0.3) is 0 Å². The Labute approximate surface area is 138 Å². The van der Waals surface area contributed by atoms with E-state index >= 15 is 0 Å². The van der Waals surface area contributed by atoms with E-state index in [1.54, 1.807) is 0 Å². The van der Waals surface area contributed by atoms with Gasteiger partial charge in [0.2, 0.25) is 0 Å². The highest BCUT2D eigenvalue weighted by Gasteiger charge is 2.18. The first kappa shape index (κ1) is 12.0. The van der Waals surface area contributed by atoms with E-state index in [9.17, 15) is 0 Å². The second-order valence-corrected chi connectivity index (χ2v) is 7.94. The number of rotatable bonds is 0. The summed E-state index contributed by atoms with van der Waals surface area (Å²) >= 11 is 3.70. The van der Waals surface area contributed by atoms with E-state index in [0.717, 1.165) is 11.2 Å². The summed E-state index contributed by atoms with van der Waals surface area (Å²) < 4.78 is 6.04. The Balaban J connectivity index is 2.06. The maximum atomic E-state index is 4.38. The molecule has 0 fully saturated rings. The van der Waals surface area contributed by atoms with Crippen molar-refractivity contribution in [3.8, 4) is 0 Å². The van der Waals surface area contributed by atoms with E-state index in [4.69, 9.17) is 0 Å². The number of hydrogen-bond donors (Lipinski definition) is 0. The van der Waals surface area contributed by atoms with E-state index in [-0.39, 0.29) is 0 Å². The van der Waals surface area contributed by atoms with Crippen LogP contribution in [0.3, 0.4) is 0 Å². The third-order valence-corrected chi connectivity index (χ3v) is 6.86. The molecule has 0 unspecified atom stereocenters. The number of hydrogen-bond acceptors (Lipinski definition) is 4. The molecule has 0 aliphatic rings. The molecule has 108 valence electrons. The number of aromatic nitrogens is 3. The maximum absolute atomic E-state index is 4.38. The number of benzene rings is 2. The molecule has 4 heterocycles. The Hall–Kier alpha value is -2.50. The summed E-state index contributed by atoms with van der Waals surface area (Å²) in [7, 11) is 0. The SMILES string of the molecule is c1ccc2c(c1)sc1sc3c(c4ccccc4n4cnnc34)c12. The number of fused-ring (bicyclic) bond motifs is 10. The van der Waals surface area contributed by atoms with Crippen LogP contribution in [0.2, 0.25) is 0 Å². The van der Waals surface area contributed by atoms with Gasteiger partial charge in [-0.1, -0.05) is 36.4 Å². The zero-order chi connectivity index (χ0) is 15.0. The first-order valence-corrected chi connectivity index (χ1v) is 8.99. The third-order valence-electron chi connectivity index (χ3n) is 4.42. The second-order valence-electron chi connectivity index (χ2n) is 5.61. The largest absolute Gasteiger partial charge is 0.280 e. The Kier molecular flexibility index (Phi) is 2.12. The molecule has 0 amide bonds. The van der Waals surface area contributed by atoms with E-state index in [1.807, 2.05) is 29.0 Å². The highest BCUT2D eigenvalue weighted by molar-refractivity contribution is 7.45. The quantitative estimate of drug-likeness (QED) is 0.370. The normalized spacial score (nSPS) is 12.3. The molecule has 0 saturated carbocycles. The summed E-state index contributed by atoms with van der Waals surface area (Å²) in [6.45, 7) is 0. The molecule has 6 aromatic rings. The van der Waals surface area contributed by atoms with Crippen LogP contribution >= 0.6 is 22.7 Å². The first-order valence-electron chi connectivity index (χ1n) is 7.36. The molecule has 0 bridgehead atoms. The Morgan fingerprint density at radius 2 is 1.65 bits per heavy atom. The highest BCUT2D eigenvalue weighted by atomic mass is 32.2. The molecule has 0 atom stereocenters. The van der Waals surface area contributed by atoms with Gasteiger partial charge in [0.1, 0.15) is 6.33 Å². The molecule has 0 aliphatic heterocycles. The van der Waals surface area contributed by atoms with Crippen LogP contribution in [-0.4, -0.2) is 14.6 Å². The van der Waals surface area contributed by atoms with Gasteiger partial charge in [-0.05, 0) is 12.1 Å². The zero-order valence-corrected chi connectivity index (χ0v) is 13.5. The molecular weight excluding hydrogens is 322 g/mol. The minimum Gasteiger partial charge on any atom is -0.280 e. The van der Waals surface area contributed by atoms with Crippen molar-refractivity contribution in [2.24, 2.45) is 0 Å². The molecule has 23 heavy (non-hydrogen) atoms. The average Bonchev–Trinajstić information content (AvgIpc) is 3.27. The van der Waals surface area contributed by atoms with Crippen LogP contribution in [-0.2, 0) is 0 Å². The third kappa shape index (κ3) is 1.39. The smallest absolute Gasteiger partial charge is 0.179 e. The molecule has 5 heteroatoms. The fourth-order valence-corrected chi connectivity index (χ4v) is 6.14. The van der Waals surface area contributed by atoms with E-state index in [2.05, 4.69) is 63.1 Å². The predicted octanol–water partition coefficient (Wildman–Crippen LogP) is 5.47. The lowest BCUT2D eigenvalue weighted by molar-refractivity contribution is 1.11. The van der Waals surface area contributed by atoms with E-state index < -0.39 is 0 Å². The van der Waals surface area contributed by atoms with E-state index in [1.165, 1.54) is 35.0 Å². The summed E-state index contributed by atoms with van der Waals surface area (Å²) in [5, 5.41) is 13.8. The summed E-state index contributed by atoms with van der Waals surface area (Å²) in [6, 6.07) is 17.2. The maximum Gasteiger partial charge on any atom is 0.179 e. The Morgan fingerprint density at radius 1 is 0.826 bits per heavy atom. The van der Waals surface area contributed by atoms with Crippen molar-refractivity contribution in [2.75, 3.05) is 0 Å². The van der Waals surface area contributed by atoms with Gasteiger partial charge in [-0.15, -0.1) is 32.9 Å². The lowest BCUT2D eigenvalue weighted by Gasteiger charge is -2.04. The topological polar surface area (TPSA) is 30.2 Å². The van der Waals surface area contributed by atoms with Gasteiger partial charge in [-0.2, -0.15) is 0 Å². The van der Waals surface area contributed by atoms with Gasteiger partial charge in [-0.25, -0.2) is 0 Å². The molecular formula is C18H9N3S2. The Morgan fingerprint density at radius 3 is 2.61 bits per heavy atom. The second kappa shape index (κ2) is 4.07. The molecule has 6 rings (SSSR count). The van der Waals surface area contributed by atoms with Gasteiger partial charge < -0.3 is 0 Å². The number of pyridine rings is 1. The van der Waals surface area contributed by atoms with Gasteiger partial charge in [0.05, 0.1) is 14.2 Å². The van der Waals surface area contributed by atoms with Crippen LogP contribution in [0.1, 0.15) is 0 Å². The minimum atomic E-state index is 0.955. The molecule has 0 saturated heterocycles. The van der Waals surface area contributed by atoms with E-state index in [0.29, 0.717) is 0 Å². The summed E-state index contributed by atoms with van der Waals surface area (Å²) in [6.07, 6.45) is 1.81. The highest BCUT2D eigenvalue weighted by Crippen LogP contribution is 2.47. The van der Waals surface area contributed by atoms with Crippen LogP contribution < -0.4 is 0 Å². The lowest BCUT2D eigenvalue weighted by atomic mass is 10.1. The molecule has 0 aliphatic carbocycles. The fraction of sp³-hybridized carbons (Fsp3) is 0. The van der Waals surface area contributed by atoms with Crippen molar-refractivity contribution >= 4 is 68.8 Å². The zero-order valence-electron chi connectivity index (χ0n) is 11.9. The minimum absolute atomic E-state index is 0.955. The standard InChI is InChI=1S/C18H9N3S2/c1-3-7-12-10(5-1)14-15-11-6-2-4-8-13(11)22-18(15)23-16(14)17-20-19-9-21(12)17/h1-9H. The summed E-state index contributed by atoms with van der Waals surface area (Å²) in [4.78, 5) is 0. The Bertz CT molecular complexity index is 1370. The average molecular weight is 331 g/mol. The molecule has 2 aromatic carbocycles. The van der Waals surface area contributed by atoms with Crippen LogP contribution in [0.25, 0.3) is 46.1 Å².